The Morgan fingerprint density at radius 1 is 1.32 bits per heavy atom. The minimum atomic E-state index is -0.00325. The molecule has 106 valence electrons. The predicted octanol–water partition coefficient (Wildman–Crippen LogP) is 2.25. The summed E-state index contributed by atoms with van der Waals surface area (Å²) in [6.07, 6.45) is 0. The van der Waals surface area contributed by atoms with Crippen LogP contribution in [-0.2, 0) is 4.79 Å². The number of amides is 1. The minimum Gasteiger partial charge on any atom is -0.495 e. The average Bonchev–Trinajstić information content (AvgIpc) is 2.43. The van der Waals surface area contributed by atoms with Crippen molar-refractivity contribution in [1.82, 2.24) is 4.90 Å². The fraction of sp³-hybridized carbons (Fsp3) is 0.462. The summed E-state index contributed by atoms with van der Waals surface area (Å²) in [5, 5.41) is 3.48. The molecule has 0 saturated carbocycles. The average molecular weight is 287 g/mol. The van der Waals surface area contributed by atoms with Crippen LogP contribution in [0.1, 0.15) is 6.92 Å². The third-order valence-electron chi connectivity index (χ3n) is 2.80. The summed E-state index contributed by atoms with van der Waals surface area (Å²) >= 11 is 6.05. The Hall–Kier alpha value is -1.62. The highest BCUT2D eigenvalue weighted by atomic mass is 35.5. The van der Waals surface area contributed by atoms with E-state index in [0.717, 1.165) is 0 Å². The van der Waals surface area contributed by atoms with Crippen molar-refractivity contribution in [2.45, 2.75) is 6.92 Å². The number of hydrogen-bond acceptors (Lipinski definition) is 4. The molecule has 1 aromatic rings. The molecule has 1 rings (SSSR count). The molecule has 5 nitrogen and oxygen atoms in total. The van der Waals surface area contributed by atoms with Crippen molar-refractivity contribution in [2.75, 3.05) is 39.7 Å². The van der Waals surface area contributed by atoms with Gasteiger partial charge in [0.25, 0.3) is 0 Å². The zero-order chi connectivity index (χ0) is 14.4. The van der Waals surface area contributed by atoms with Crippen molar-refractivity contribution >= 4 is 23.2 Å². The maximum Gasteiger partial charge on any atom is 0.241 e. The van der Waals surface area contributed by atoms with Gasteiger partial charge in [0, 0.05) is 19.7 Å². The van der Waals surface area contributed by atoms with Crippen molar-refractivity contribution in [2.24, 2.45) is 0 Å². The molecule has 0 bridgehead atoms. The fourth-order valence-electron chi connectivity index (χ4n) is 1.48. The second kappa shape index (κ2) is 7.09. The van der Waals surface area contributed by atoms with E-state index < -0.39 is 0 Å². The molecular weight excluding hydrogens is 268 g/mol. The maximum atomic E-state index is 11.7. The molecule has 1 amide bonds. The largest absolute Gasteiger partial charge is 0.495 e. The number of carbonyl (C=O) groups excluding carboxylic acids is 1. The summed E-state index contributed by atoms with van der Waals surface area (Å²) in [6.45, 7) is 2.77. The molecule has 0 aliphatic heterocycles. The van der Waals surface area contributed by atoms with E-state index in [4.69, 9.17) is 21.1 Å². The Bertz CT molecular complexity index is 452. The monoisotopic (exact) mass is 286 g/mol. The highest BCUT2D eigenvalue weighted by Crippen LogP contribution is 2.35. The van der Waals surface area contributed by atoms with Crippen LogP contribution in [0.3, 0.4) is 0 Å². The third-order valence-corrected chi connectivity index (χ3v) is 3.10. The van der Waals surface area contributed by atoms with Gasteiger partial charge >= 0.3 is 0 Å². The van der Waals surface area contributed by atoms with Gasteiger partial charge in [-0.2, -0.15) is 0 Å². The van der Waals surface area contributed by atoms with Crippen LogP contribution in [0, 0.1) is 0 Å². The SMILES string of the molecule is CCN(C)C(=O)CNc1cc(Cl)c(OC)cc1OC. The third kappa shape index (κ3) is 3.92. The summed E-state index contributed by atoms with van der Waals surface area (Å²) in [5.41, 5.74) is 0.658. The first-order chi connectivity index (χ1) is 9.03. The highest BCUT2D eigenvalue weighted by Gasteiger charge is 2.12. The molecule has 6 heteroatoms. The van der Waals surface area contributed by atoms with Crippen molar-refractivity contribution in [3.05, 3.63) is 17.2 Å². The molecule has 0 heterocycles. The molecule has 0 fully saturated rings. The number of likely N-dealkylation sites (N-methyl/N-ethyl adjacent to an activating group) is 1. The first-order valence-corrected chi connectivity index (χ1v) is 6.30. The second-order valence-electron chi connectivity index (χ2n) is 3.95. The Labute approximate surface area is 118 Å². The van der Waals surface area contributed by atoms with Crippen LogP contribution in [-0.4, -0.2) is 45.2 Å². The van der Waals surface area contributed by atoms with Crippen LogP contribution in [0.25, 0.3) is 0 Å². The number of anilines is 1. The molecular formula is C13H19ClN2O3. The topological polar surface area (TPSA) is 50.8 Å². The summed E-state index contributed by atoms with van der Waals surface area (Å²) in [5.74, 6) is 1.10. The van der Waals surface area contributed by atoms with E-state index in [-0.39, 0.29) is 12.5 Å². The Kier molecular flexibility index (Phi) is 5.76. The molecule has 19 heavy (non-hydrogen) atoms. The minimum absolute atomic E-state index is 0.00325. The lowest BCUT2D eigenvalue weighted by Crippen LogP contribution is -2.31. The number of rotatable bonds is 6. The van der Waals surface area contributed by atoms with Crippen LogP contribution in [0.4, 0.5) is 5.69 Å². The van der Waals surface area contributed by atoms with Crippen LogP contribution in [0.2, 0.25) is 5.02 Å². The second-order valence-corrected chi connectivity index (χ2v) is 4.36. The summed E-state index contributed by atoms with van der Waals surface area (Å²) < 4.78 is 10.3. The van der Waals surface area contributed by atoms with E-state index in [0.29, 0.717) is 28.8 Å². The van der Waals surface area contributed by atoms with Crippen LogP contribution >= 0.6 is 11.6 Å². The normalized spacial score (nSPS) is 9.95. The van der Waals surface area contributed by atoms with Crippen molar-refractivity contribution in [3.63, 3.8) is 0 Å². The lowest BCUT2D eigenvalue weighted by molar-refractivity contribution is -0.127. The molecule has 1 aromatic carbocycles. The smallest absolute Gasteiger partial charge is 0.241 e. The van der Waals surface area contributed by atoms with Gasteiger partial charge in [0.2, 0.25) is 5.91 Å². The lowest BCUT2D eigenvalue weighted by atomic mass is 10.2. The molecule has 0 spiro atoms. The van der Waals surface area contributed by atoms with Gasteiger partial charge in [0.15, 0.2) is 0 Å². The maximum absolute atomic E-state index is 11.7. The summed E-state index contributed by atoms with van der Waals surface area (Å²) in [6, 6.07) is 3.36. The standard InChI is InChI=1S/C13H19ClN2O3/c1-5-16(2)13(17)8-15-10-6-9(14)11(18-3)7-12(10)19-4/h6-7,15H,5,8H2,1-4H3. The Morgan fingerprint density at radius 2 is 1.95 bits per heavy atom. The van der Waals surface area contributed by atoms with E-state index >= 15 is 0 Å². The van der Waals surface area contributed by atoms with Gasteiger partial charge in [-0.15, -0.1) is 0 Å². The molecule has 0 aliphatic carbocycles. The van der Waals surface area contributed by atoms with Gasteiger partial charge in [-0.3, -0.25) is 4.79 Å². The number of nitrogens with one attached hydrogen (secondary N) is 1. The van der Waals surface area contributed by atoms with E-state index in [1.54, 1.807) is 31.2 Å². The fourth-order valence-corrected chi connectivity index (χ4v) is 1.72. The summed E-state index contributed by atoms with van der Waals surface area (Å²) in [4.78, 5) is 13.3. The predicted molar refractivity (Wildman–Crippen MR) is 76.4 cm³/mol. The van der Waals surface area contributed by atoms with Gasteiger partial charge in [-0.05, 0) is 13.0 Å². The lowest BCUT2D eigenvalue weighted by Gasteiger charge is -2.17. The molecule has 0 saturated heterocycles. The molecule has 0 aliphatic rings. The Morgan fingerprint density at radius 3 is 2.47 bits per heavy atom. The first-order valence-electron chi connectivity index (χ1n) is 5.92. The van der Waals surface area contributed by atoms with Crippen LogP contribution in [0.15, 0.2) is 12.1 Å². The number of hydrogen-bond donors (Lipinski definition) is 1. The quantitative estimate of drug-likeness (QED) is 0.871. The molecule has 1 N–H and O–H groups in total. The van der Waals surface area contributed by atoms with Crippen LogP contribution in [0.5, 0.6) is 11.5 Å². The van der Waals surface area contributed by atoms with Gasteiger partial charge in [0.05, 0.1) is 31.5 Å². The van der Waals surface area contributed by atoms with Crippen molar-refractivity contribution in [1.29, 1.82) is 0 Å². The number of nitrogens with zero attached hydrogens (tertiary/aromatic N) is 1. The Balaban J connectivity index is 2.83. The van der Waals surface area contributed by atoms with E-state index in [2.05, 4.69) is 5.32 Å². The van der Waals surface area contributed by atoms with E-state index in [9.17, 15) is 4.79 Å². The molecule has 0 radical (unpaired) electrons. The van der Waals surface area contributed by atoms with E-state index in [1.165, 1.54) is 7.11 Å². The van der Waals surface area contributed by atoms with Crippen molar-refractivity contribution in [3.8, 4) is 11.5 Å². The van der Waals surface area contributed by atoms with E-state index in [1.807, 2.05) is 6.92 Å². The van der Waals surface area contributed by atoms with Gasteiger partial charge < -0.3 is 19.7 Å². The van der Waals surface area contributed by atoms with Gasteiger partial charge in [-0.1, -0.05) is 11.6 Å². The van der Waals surface area contributed by atoms with Crippen LogP contribution < -0.4 is 14.8 Å². The van der Waals surface area contributed by atoms with Crippen molar-refractivity contribution < 1.29 is 14.3 Å². The molecule has 0 atom stereocenters. The first kappa shape index (κ1) is 15.4. The number of halogens is 1. The molecule has 0 aromatic heterocycles. The zero-order valence-corrected chi connectivity index (χ0v) is 12.4. The number of methoxy groups -OCH3 is 2. The number of carbonyl (C=O) groups is 1. The highest BCUT2D eigenvalue weighted by molar-refractivity contribution is 6.32. The molecule has 0 unspecified atom stereocenters. The number of ether oxygens (including phenoxy) is 2. The number of benzene rings is 1. The van der Waals surface area contributed by atoms with Gasteiger partial charge in [0.1, 0.15) is 11.5 Å². The summed E-state index contributed by atoms with van der Waals surface area (Å²) in [7, 11) is 4.84. The van der Waals surface area contributed by atoms with Gasteiger partial charge in [-0.25, -0.2) is 0 Å². The zero-order valence-electron chi connectivity index (χ0n) is 11.6.